The predicted octanol–water partition coefficient (Wildman–Crippen LogP) is 3.03. The molecule has 0 bridgehead atoms. The molecule has 1 heterocycles. The molecule has 0 aliphatic carbocycles. The van der Waals surface area contributed by atoms with Crippen molar-refractivity contribution in [2.45, 2.75) is 25.0 Å². The minimum atomic E-state index is -0.589. The van der Waals surface area contributed by atoms with Gasteiger partial charge in [0.05, 0.1) is 11.3 Å². The van der Waals surface area contributed by atoms with E-state index in [0.717, 1.165) is 37.2 Å². The first-order valence-electron chi connectivity index (χ1n) is 8.85. The van der Waals surface area contributed by atoms with Crippen molar-refractivity contribution in [3.63, 3.8) is 0 Å². The molecule has 1 fully saturated rings. The van der Waals surface area contributed by atoms with Gasteiger partial charge in [-0.1, -0.05) is 42.5 Å². The van der Waals surface area contributed by atoms with E-state index in [0.29, 0.717) is 5.56 Å². The Labute approximate surface area is 154 Å². The zero-order valence-electron chi connectivity index (χ0n) is 14.9. The zero-order valence-corrected chi connectivity index (χ0v) is 14.9. The van der Waals surface area contributed by atoms with Crippen LogP contribution in [0.4, 0.5) is 5.69 Å². The molecule has 0 unspecified atom stereocenters. The summed E-state index contributed by atoms with van der Waals surface area (Å²) in [5, 5.41) is 12.4. The summed E-state index contributed by atoms with van der Waals surface area (Å²) in [5.41, 5.74) is 2.52. The lowest BCUT2D eigenvalue weighted by Crippen LogP contribution is -2.46. The number of nitrogens with zero attached hydrogens (tertiary/aromatic N) is 2. The molecule has 1 saturated heterocycles. The van der Waals surface area contributed by atoms with Crippen molar-refractivity contribution in [3.8, 4) is 6.07 Å². The summed E-state index contributed by atoms with van der Waals surface area (Å²) in [6.45, 7) is 1.62. The molecule has 1 aliphatic rings. The Morgan fingerprint density at radius 1 is 1.15 bits per heavy atom. The summed E-state index contributed by atoms with van der Waals surface area (Å²) in [4.78, 5) is 14.8. The van der Waals surface area contributed by atoms with E-state index < -0.39 is 6.10 Å². The molecule has 1 amide bonds. The van der Waals surface area contributed by atoms with Crippen LogP contribution in [0.15, 0.2) is 54.6 Å². The van der Waals surface area contributed by atoms with E-state index in [2.05, 4.69) is 16.3 Å². The summed E-state index contributed by atoms with van der Waals surface area (Å²) in [7, 11) is 1.55. The molecule has 2 aromatic rings. The number of carbonyl (C=O) groups excluding carboxylic acids is 1. The number of methoxy groups -OCH3 is 1. The Balaban J connectivity index is 1.58. The average molecular weight is 349 g/mol. The lowest BCUT2D eigenvalue weighted by Gasteiger charge is -2.34. The van der Waals surface area contributed by atoms with Gasteiger partial charge in [0.2, 0.25) is 0 Å². The number of benzene rings is 2. The fourth-order valence-electron chi connectivity index (χ4n) is 3.41. The summed E-state index contributed by atoms with van der Waals surface area (Å²) in [6.07, 6.45) is 1.10. The highest BCUT2D eigenvalue weighted by Crippen LogP contribution is 2.24. The van der Waals surface area contributed by atoms with Crippen LogP contribution in [-0.2, 0) is 9.53 Å². The van der Waals surface area contributed by atoms with Gasteiger partial charge < -0.3 is 15.0 Å². The molecule has 1 atom stereocenters. The molecule has 5 heteroatoms. The van der Waals surface area contributed by atoms with E-state index in [9.17, 15) is 10.1 Å². The standard InChI is InChI=1S/C21H23N3O2/c1-26-20(16-7-3-2-4-8-16)21(25)23-18-11-13-24(14-12-18)19-10-6-5-9-17(19)15-22/h2-10,18,20H,11-14H2,1H3,(H,23,25)/t20-/m1/s1. The van der Waals surface area contributed by atoms with Crippen LogP contribution in [0.2, 0.25) is 0 Å². The van der Waals surface area contributed by atoms with E-state index in [1.807, 2.05) is 54.6 Å². The van der Waals surface area contributed by atoms with Gasteiger partial charge in [0.15, 0.2) is 6.10 Å². The van der Waals surface area contributed by atoms with Crippen LogP contribution in [0.1, 0.15) is 30.1 Å². The third-order valence-electron chi connectivity index (χ3n) is 4.78. The lowest BCUT2D eigenvalue weighted by atomic mass is 10.0. The van der Waals surface area contributed by atoms with Crippen molar-refractivity contribution >= 4 is 11.6 Å². The maximum absolute atomic E-state index is 12.6. The lowest BCUT2D eigenvalue weighted by molar-refractivity contribution is -0.132. The number of carbonyl (C=O) groups is 1. The predicted molar refractivity (Wildman–Crippen MR) is 101 cm³/mol. The van der Waals surface area contributed by atoms with Crippen LogP contribution >= 0.6 is 0 Å². The van der Waals surface area contributed by atoms with E-state index in [1.54, 1.807) is 7.11 Å². The quantitative estimate of drug-likeness (QED) is 0.901. The number of hydrogen-bond donors (Lipinski definition) is 1. The van der Waals surface area contributed by atoms with Crippen molar-refractivity contribution in [1.82, 2.24) is 5.32 Å². The fraction of sp³-hybridized carbons (Fsp3) is 0.333. The van der Waals surface area contributed by atoms with Crippen molar-refractivity contribution in [2.75, 3.05) is 25.1 Å². The summed E-state index contributed by atoms with van der Waals surface area (Å²) >= 11 is 0. The number of hydrogen-bond acceptors (Lipinski definition) is 4. The minimum Gasteiger partial charge on any atom is -0.370 e. The summed E-state index contributed by atoms with van der Waals surface area (Å²) < 4.78 is 5.40. The SMILES string of the molecule is CO[C@@H](C(=O)NC1CCN(c2ccccc2C#N)CC1)c1ccccc1. The minimum absolute atomic E-state index is 0.102. The van der Waals surface area contributed by atoms with E-state index in [1.165, 1.54) is 0 Å². The maximum Gasteiger partial charge on any atom is 0.253 e. The number of ether oxygens (including phenoxy) is 1. The molecule has 26 heavy (non-hydrogen) atoms. The van der Waals surface area contributed by atoms with Gasteiger partial charge in [0, 0.05) is 26.2 Å². The first kappa shape index (κ1) is 18.0. The third kappa shape index (κ3) is 4.04. The molecule has 5 nitrogen and oxygen atoms in total. The highest BCUT2D eigenvalue weighted by Gasteiger charge is 2.26. The molecule has 0 aromatic heterocycles. The number of nitriles is 1. The normalized spacial score (nSPS) is 15.9. The van der Waals surface area contributed by atoms with Crippen LogP contribution in [0.3, 0.4) is 0 Å². The van der Waals surface area contributed by atoms with Gasteiger partial charge in [-0.2, -0.15) is 5.26 Å². The number of anilines is 1. The molecule has 0 spiro atoms. The molecule has 2 aromatic carbocycles. The molecule has 134 valence electrons. The summed E-state index contributed by atoms with van der Waals surface area (Å²) in [5.74, 6) is -0.102. The van der Waals surface area contributed by atoms with Gasteiger partial charge in [-0.3, -0.25) is 4.79 Å². The average Bonchev–Trinajstić information content (AvgIpc) is 2.70. The monoisotopic (exact) mass is 349 g/mol. The smallest absolute Gasteiger partial charge is 0.253 e. The fourth-order valence-corrected chi connectivity index (χ4v) is 3.41. The maximum atomic E-state index is 12.6. The molecular formula is C21H23N3O2. The Kier molecular flexibility index (Phi) is 5.88. The number of rotatable bonds is 5. The van der Waals surface area contributed by atoms with Gasteiger partial charge >= 0.3 is 0 Å². The topological polar surface area (TPSA) is 65.4 Å². The van der Waals surface area contributed by atoms with Crippen LogP contribution in [-0.4, -0.2) is 32.1 Å². The molecule has 0 radical (unpaired) electrons. The second kappa shape index (κ2) is 8.50. The number of nitrogens with one attached hydrogen (secondary N) is 1. The second-order valence-electron chi connectivity index (χ2n) is 6.43. The molecule has 0 saturated carbocycles. The van der Waals surface area contributed by atoms with Crippen molar-refractivity contribution < 1.29 is 9.53 Å². The molecule has 1 N–H and O–H groups in total. The van der Waals surface area contributed by atoms with Crippen molar-refractivity contribution in [3.05, 3.63) is 65.7 Å². The molecular weight excluding hydrogens is 326 g/mol. The van der Waals surface area contributed by atoms with Crippen molar-refractivity contribution in [2.24, 2.45) is 0 Å². The van der Waals surface area contributed by atoms with Gasteiger partial charge in [-0.25, -0.2) is 0 Å². The van der Waals surface area contributed by atoms with Crippen LogP contribution in [0.5, 0.6) is 0 Å². The van der Waals surface area contributed by atoms with E-state index in [4.69, 9.17) is 4.74 Å². The number of amides is 1. The Bertz CT molecular complexity index is 777. The Hall–Kier alpha value is -2.84. The van der Waals surface area contributed by atoms with Gasteiger partial charge in [-0.05, 0) is 30.5 Å². The van der Waals surface area contributed by atoms with Gasteiger partial charge in [0.25, 0.3) is 5.91 Å². The van der Waals surface area contributed by atoms with Gasteiger partial charge in [0.1, 0.15) is 6.07 Å². The number of para-hydroxylation sites is 1. The number of piperidine rings is 1. The Morgan fingerprint density at radius 3 is 2.46 bits per heavy atom. The van der Waals surface area contributed by atoms with E-state index in [-0.39, 0.29) is 11.9 Å². The van der Waals surface area contributed by atoms with Gasteiger partial charge in [-0.15, -0.1) is 0 Å². The molecule has 3 rings (SSSR count). The van der Waals surface area contributed by atoms with Crippen LogP contribution < -0.4 is 10.2 Å². The third-order valence-corrected chi connectivity index (χ3v) is 4.78. The van der Waals surface area contributed by atoms with Crippen LogP contribution in [0, 0.1) is 11.3 Å². The van der Waals surface area contributed by atoms with Crippen molar-refractivity contribution in [1.29, 1.82) is 5.26 Å². The second-order valence-corrected chi connectivity index (χ2v) is 6.43. The zero-order chi connectivity index (χ0) is 18.4. The highest BCUT2D eigenvalue weighted by molar-refractivity contribution is 5.82. The largest absolute Gasteiger partial charge is 0.370 e. The summed E-state index contributed by atoms with van der Waals surface area (Å²) in [6, 6.07) is 19.5. The highest BCUT2D eigenvalue weighted by atomic mass is 16.5. The Morgan fingerprint density at radius 2 is 1.81 bits per heavy atom. The first-order valence-corrected chi connectivity index (χ1v) is 8.85. The molecule has 1 aliphatic heterocycles. The van der Waals surface area contributed by atoms with E-state index >= 15 is 0 Å². The first-order chi connectivity index (χ1) is 12.7. The van der Waals surface area contributed by atoms with Crippen LogP contribution in [0.25, 0.3) is 0 Å².